The van der Waals surface area contributed by atoms with E-state index in [1.54, 1.807) is 10.8 Å². The van der Waals surface area contributed by atoms with Gasteiger partial charge in [-0.3, -0.25) is 18.9 Å². The maximum Gasteiger partial charge on any atom is 0.266 e. The molecule has 0 bridgehead atoms. The number of rotatable bonds is 9. The smallest absolute Gasteiger partial charge is 0.266 e. The van der Waals surface area contributed by atoms with E-state index in [9.17, 15) is 13.2 Å². The highest BCUT2D eigenvalue weighted by atomic mass is 32.2. The first-order chi connectivity index (χ1) is 12.2. The van der Waals surface area contributed by atoms with Crippen molar-refractivity contribution in [2.75, 3.05) is 12.3 Å². The minimum Gasteiger partial charge on any atom is -0.355 e. The number of nitrogens with zero attached hydrogens (tertiary/aromatic N) is 1. The van der Waals surface area contributed by atoms with Crippen LogP contribution >= 0.6 is 12.2 Å². The van der Waals surface area contributed by atoms with Crippen LogP contribution in [0.15, 0.2) is 11.0 Å². The van der Waals surface area contributed by atoms with Gasteiger partial charge in [-0.05, 0) is 37.4 Å². The summed E-state index contributed by atoms with van der Waals surface area (Å²) in [5.74, 6) is 0.192. The van der Waals surface area contributed by atoms with Gasteiger partial charge in [-0.25, -0.2) is 0 Å². The molecule has 2 rings (SSSR count). The summed E-state index contributed by atoms with van der Waals surface area (Å²) in [5, 5.41) is 2.83. The molecule has 26 heavy (non-hydrogen) atoms. The van der Waals surface area contributed by atoms with Gasteiger partial charge < -0.3 is 10.1 Å². The van der Waals surface area contributed by atoms with Crippen molar-refractivity contribution in [1.82, 2.24) is 14.9 Å². The molecule has 0 radical (unpaired) electrons. The van der Waals surface area contributed by atoms with E-state index < -0.39 is 15.9 Å². The Kier molecular flexibility index (Phi) is 7.53. The average molecular weight is 406 g/mol. The number of aromatic amines is 1. The molecule has 2 heterocycles. The molecule has 1 aromatic heterocycles. The van der Waals surface area contributed by atoms with Gasteiger partial charge in [0.1, 0.15) is 6.23 Å². The van der Waals surface area contributed by atoms with Crippen LogP contribution in [0.25, 0.3) is 0 Å². The predicted octanol–water partition coefficient (Wildman–Crippen LogP) is 2.00. The topological polar surface area (TPSA) is 113 Å². The van der Waals surface area contributed by atoms with Crippen molar-refractivity contribution in [1.29, 1.82) is 0 Å². The summed E-state index contributed by atoms with van der Waals surface area (Å²) in [5.41, 5.74) is 0.114. The van der Waals surface area contributed by atoms with Crippen LogP contribution in [0.2, 0.25) is 0 Å². The summed E-state index contributed by atoms with van der Waals surface area (Å²) >= 11 is 5.26. The molecule has 1 aliphatic rings. The SMILES string of the molecule is CCC(C)CC1CC[C@H](n2cc(CNCCS(=O)(=O)O)c(=O)[nH]c2=S)O1. The van der Waals surface area contributed by atoms with Gasteiger partial charge in [0, 0.05) is 24.8 Å². The Labute approximate surface area is 158 Å². The maximum absolute atomic E-state index is 12.1. The van der Waals surface area contributed by atoms with Crippen LogP contribution in [0.1, 0.15) is 51.3 Å². The normalized spacial score (nSPS) is 21.8. The second-order valence-corrected chi connectivity index (χ2v) is 8.78. The molecule has 1 saturated heterocycles. The Hall–Kier alpha value is -1.07. The molecule has 0 aliphatic carbocycles. The van der Waals surface area contributed by atoms with E-state index in [-0.39, 0.29) is 31.0 Å². The lowest BCUT2D eigenvalue weighted by Crippen LogP contribution is -2.28. The molecule has 0 amide bonds. The highest BCUT2D eigenvalue weighted by Crippen LogP contribution is 2.32. The molecule has 10 heteroatoms. The van der Waals surface area contributed by atoms with Crippen LogP contribution in [0.4, 0.5) is 0 Å². The molecule has 1 aliphatic heterocycles. The van der Waals surface area contributed by atoms with Crippen LogP contribution < -0.4 is 10.9 Å². The Morgan fingerprint density at radius 1 is 1.50 bits per heavy atom. The molecule has 1 aromatic rings. The summed E-state index contributed by atoms with van der Waals surface area (Å²) < 4.78 is 38.4. The molecule has 8 nitrogen and oxygen atoms in total. The van der Waals surface area contributed by atoms with E-state index in [0.29, 0.717) is 16.3 Å². The van der Waals surface area contributed by atoms with Crippen LogP contribution in [-0.2, 0) is 21.4 Å². The Morgan fingerprint density at radius 3 is 2.88 bits per heavy atom. The first kappa shape index (κ1) is 21.2. The number of hydrogen-bond acceptors (Lipinski definition) is 6. The van der Waals surface area contributed by atoms with E-state index in [1.165, 1.54) is 0 Å². The van der Waals surface area contributed by atoms with Crippen molar-refractivity contribution in [2.45, 2.75) is 58.4 Å². The van der Waals surface area contributed by atoms with Gasteiger partial charge in [-0.15, -0.1) is 0 Å². The molecule has 2 unspecified atom stereocenters. The first-order valence-electron chi connectivity index (χ1n) is 8.85. The van der Waals surface area contributed by atoms with Crippen molar-refractivity contribution >= 4 is 22.3 Å². The molecule has 1 fully saturated rings. The van der Waals surface area contributed by atoms with Gasteiger partial charge in [-0.2, -0.15) is 8.42 Å². The molecule has 3 atom stereocenters. The zero-order valence-corrected chi connectivity index (χ0v) is 16.7. The van der Waals surface area contributed by atoms with Crippen molar-refractivity contribution in [3.63, 3.8) is 0 Å². The molecule has 148 valence electrons. The van der Waals surface area contributed by atoms with Gasteiger partial charge in [0.05, 0.1) is 11.9 Å². The van der Waals surface area contributed by atoms with Crippen molar-refractivity contribution in [3.05, 3.63) is 26.9 Å². The van der Waals surface area contributed by atoms with E-state index in [4.69, 9.17) is 21.5 Å². The second kappa shape index (κ2) is 9.23. The zero-order chi connectivity index (χ0) is 19.3. The minimum atomic E-state index is -4.03. The third kappa shape index (κ3) is 6.27. The fourth-order valence-corrected chi connectivity index (χ4v) is 3.64. The number of nitrogens with one attached hydrogen (secondary N) is 2. The van der Waals surface area contributed by atoms with Crippen LogP contribution in [0.5, 0.6) is 0 Å². The van der Waals surface area contributed by atoms with Crippen molar-refractivity contribution < 1.29 is 17.7 Å². The highest BCUT2D eigenvalue weighted by Gasteiger charge is 2.27. The predicted molar refractivity (Wildman–Crippen MR) is 101 cm³/mol. The van der Waals surface area contributed by atoms with Gasteiger partial charge >= 0.3 is 0 Å². The molecule has 0 aromatic carbocycles. The fourth-order valence-electron chi connectivity index (χ4n) is 2.97. The Bertz CT molecular complexity index is 818. The molecular weight excluding hydrogens is 378 g/mol. The second-order valence-electron chi connectivity index (χ2n) is 6.82. The largest absolute Gasteiger partial charge is 0.355 e. The van der Waals surface area contributed by atoms with E-state index in [0.717, 1.165) is 25.7 Å². The Balaban J connectivity index is 2.03. The maximum atomic E-state index is 12.1. The summed E-state index contributed by atoms with van der Waals surface area (Å²) in [6.45, 7) is 4.59. The summed E-state index contributed by atoms with van der Waals surface area (Å²) in [6, 6.07) is 0. The van der Waals surface area contributed by atoms with Crippen molar-refractivity contribution in [2.24, 2.45) is 5.92 Å². The van der Waals surface area contributed by atoms with E-state index >= 15 is 0 Å². The van der Waals surface area contributed by atoms with Crippen LogP contribution in [-0.4, -0.2) is 40.9 Å². The standard InChI is InChI=1S/C16H27N3O5S2/c1-3-11(2)8-13-4-5-14(24-13)19-10-12(15(20)18-16(19)25)9-17-6-7-26(21,22)23/h10-11,13-14,17H,3-9H2,1-2H3,(H,18,20,25)(H,21,22,23)/t11?,13?,14-/m1/s1. The highest BCUT2D eigenvalue weighted by molar-refractivity contribution is 7.85. The molecular formula is C16H27N3O5S2. The molecule has 0 spiro atoms. The lowest BCUT2D eigenvalue weighted by molar-refractivity contribution is -0.00927. The number of aromatic nitrogens is 2. The lowest BCUT2D eigenvalue weighted by Gasteiger charge is -2.19. The van der Waals surface area contributed by atoms with E-state index in [2.05, 4.69) is 24.1 Å². The van der Waals surface area contributed by atoms with Gasteiger partial charge in [0.2, 0.25) is 0 Å². The Morgan fingerprint density at radius 2 is 2.23 bits per heavy atom. The summed E-state index contributed by atoms with van der Waals surface area (Å²) in [6.07, 6.45) is 5.56. The molecule has 0 saturated carbocycles. The summed E-state index contributed by atoms with van der Waals surface area (Å²) in [7, 11) is -4.03. The van der Waals surface area contributed by atoms with Gasteiger partial charge in [0.25, 0.3) is 15.7 Å². The number of H-pyrrole nitrogens is 1. The lowest BCUT2D eigenvalue weighted by atomic mass is 10.00. The molecule has 3 N–H and O–H groups in total. The zero-order valence-electron chi connectivity index (χ0n) is 15.1. The fraction of sp³-hybridized carbons (Fsp3) is 0.750. The van der Waals surface area contributed by atoms with Crippen LogP contribution in [0, 0.1) is 10.7 Å². The quantitative estimate of drug-likeness (QED) is 0.327. The van der Waals surface area contributed by atoms with Gasteiger partial charge in [-0.1, -0.05) is 20.3 Å². The average Bonchev–Trinajstić information content (AvgIpc) is 3.00. The number of hydrogen-bond donors (Lipinski definition) is 3. The third-order valence-electron chi connectivity index (χ3n) is 4.65. The van der Waals surface area contributed by atoms with E-state index in [1.807, 2.05) is 0 Å². The van der Waals surface area contributed by atoms with Gasteiger partial charge in [0.15, 0.2) is 4.77 Å². The first-order valence-corrected chi connectivity index (χ1v) is 10.9. The minimum absolute atomic E-state index is 0.0464. The monoisotopic (exact) mass is 405 g/mol. The summed E-state index contributed by atoms with van der Waals surface area (Å²) in [4.78, 5) is 14.7. The van der Waals surface area contributed by atoms with Crippen LogP contribution in [0.3, 0.4) is 0 Å². The number of ether oxygens (including phenoxy) is 1. The third-order valence-corrected chi connectivity index (χ3v) is 5.68. The van der Waals surface area contributed by atoms with Crippen molar-refractivity contribution in [3.8, 4) is 0 Å².